The van der Waals surface area contributed by atoms with Crippen LogP contribution in [0.5, 0.6) is 5.75 Å². The van der Waals surface area contributed by atoms with Crippen LogP contribution in [0, 0.1) is 0 Å². The summed E-state index contributed by atoms with van der Waals surface area (Å²) in [5.74, 6) is 0.777. The molecule has 1 saturated heterocycles. The van der Waals surface area contributed by atoms with Crippen molar-refractivity contribution in [1.82, 2.24) is 19.2 Å². The molecule has 7 nitrogen and oxygen atoms in total. The number of ether oxygens (including phenoxy) is 2. The highest BCUT2D eigenvalue weighted by Crippen LogP contribution is 2.28. The van der Waals surface area contributed by atoms with E-state index >= 15 is 0 Å². The molecule has 0 bridgehead atoms. The second kappa shape index (κ2) is 6.50. The molecule has 7 heteroatoms. The minimum Gasteiger partial charge on any atom is -0.497 e. The van der Waals surface area contributed by atoms with Gasteiger partial charge in [-0.2, -0.15) is 5.10 Å². The number of aromatic nitrogens is 3. The number of aryl methyl sites for hydroxylation is 1. The summed E-state index contributed by atoms with van der Waals surface area (Å²) in [6.45, 7) is 4.72. The number of hydrogen-bond acceptors (Lipinski definition) is 5. The maximum atomic E-state index is 13.0. The summed E-state index contributed by atoms with van der Waals surface area (Å²) in [6, 6.07) is 5.84. The van der Waals surface area contributed by atoms with Gasteiger partial charge in [-0.15, -0.1) is 0 Å². The Labute approximate surface area is 145 Å². The Morgan fingerprint density at radius 2 is 2.00 bits per heavy atom. The van der Waals surface area contributed by atoms with Crippen LogP contribution in [0.2, 0.25) is 0 Å². The van der Waals surface area contributed by atoms with Crippen LogP contribution < -0.4 is 10.3 Å². The summed E-state index contributed by atoms with van der Waals surface area (Å²) < 4.78 is 14.2. The number of nitrogens with zero attached hydrogens (tertiary/aromatic N) is 4. The quantitative estimate of drug-likeness (QED) is 0.714. The maximum absolute atomic E-state index is 13.0. The monoisotopic (exact) mass is 342 g/mol. The normalized spacial score (nSPS) is 15.9. The molecule has 0 radical (unpaired) electrons. The van der Waals surface area contributed by atoms with Gasteiger partial charge in [-0.05, 0) is 12.1 Å². The third-order valence-electron chi connectivity index (χ3n) is 4.94. The third kappa shape index (κ3) is 2.79. The lowest BCUT2D eigenvalue weighted by Crippen LogP contribution is -2.39. The molecule has 0 N–H and O–H groups in total. The van der Waals surface area contributed by atoms with E-state index in [9.17, 15) is 4.79 Å². The van der Waals surface area contributed by atoms with Crippen LogP contribution in [0.1, 0.15) is 0 Å². The fourth-order valence-corrected chi connectivity index (χ4v) is 3.48. The van der Waals surface area contributed by atoms with Crippen molar-refractivity contribution >= 4 is 21.8 Å². The van der Waals surface area contributed by atoms with Crippen molar-refractivity contribution in [2.45, 2.75) is 6.54 Å². The van der Waals surface area contributed by atoms with Gasteiger partial charge in [0, 0.05) is 43.5 Å². The zero-order chi connectivity index (χ0) is 17.4. The molecule has 25 heavy (non-hydrogen) atoms. The Kier molecular flexibility index (Phi) is 4.19. The van der Waals surface area contributed by atoms with Crippen LogP contribution in [0.15, 0.2) is 29.2 Å². The average Bonchev–Trinajstić information content (AvgIpc) is 2.94. The van der Waals surface area contributed by atoms with Crippen molar-refractivity contribution in [1.29, 1.82) is 0 Å². The summed E-state index contributed by atoms with van der Waals surface area (Å²) in [6.07, 6.45) is 1.80. The molecule has 3 aromatic rings. The van der Waals surface area contributed by atoms with Gasteiger partial charge in [0.25, 0.3) is 5.56 Å². The van der Waals surface area contributed by atoms with E-state index in [-0.39, 0.29) is 5.56 Å². The van der Waals surface area contributed by atoms with E-state index in [4.69, 9.17) is 9.47 Å². The van der Waals surface area contributed by atoms with Crippen LogP contribution in [0.25, 0.3) is 21.8 Å². The van der Waals surface area contributed by atoms with Gasteiger partial charge in [-0.1, -0.05) is 0 Å². The number of fused-ring (bicyclic) bond motifs is 3. The minimum absolute atomic E-state index is 0.0524. The average molecular weight is 342 g/mol. The second-order valence-corrected chi connectivity index (χ2v) is 6.33. The first kappa shape index (κ1) is 16.1. The lowest BCUT2D eigenvalue weighted by Gasteiger charge is -2.26. The zero-order valence-electron chi connectivity index (χ0n) is 14.6. The molecule has 0 saturated carbocycles. The molecule has 3 heterocycles. The van der Waals surface area contributed by atoms with E-state index in [1.54, 1.807) is 18.0 Å². The first-order valence-electron chi connectivity index (χ1n) is 8.51. The van der Waals surface area contributed by atoms with Gasteiger partial charge in [-0.3, -0.25) is 9.69 Å². The second-order valence-electron chi connectivity index (χ2n) is 6.33. The summed E-state index contributed by atoms with van der Waals surface area (Å²) in [4.78, 5) is 15.3. The SMILES string of the molecule is COc1ccc2c3cnn(CCN4CCOCC4)c(=O)c3n(C)c2c1. The molecule has 0 spiro atoms. The maximum Gasteiger partial charge on any atom is 0.291 e. The van der Waals surface area contributed by atoms with Crippen LogP contribution >= 0.6 is 0 Å². The fourth-order valence-electron chi connectivity index (χ4n) is 3.48. The van der Waals surface area contributed by atoms with Crippen LogP contribution in [-0.4, -0.2) is 59.2 Å². The van der Waals surface area contributed by atoms with Gasteiger partial charge >= 0.3 is 0 Å². The Bertz CT molecular complexity index is 970. The number of benzene rings is 1. The largest absolute Gasteiger partial charge is 0.497 e. The smallest absolute Gasteiger partial charge is 0.291 e. The molecule has 1 fully saturated rings. The summed E-state index contributed by atoms with van der Waals surface area (Å²) >= 11 is 0. The summed E-state index contributed by atoms with van der Waals surface area (Å²) in [7, 11) is 3.56. The van der Waals surface area contributed by atoms with E-state index < -0.39 is 0 Å². The van der Waals surface area contributed by atoms with E-state index in [2.05, 4.69) is 10.00 Å². The highest BCUT2D eigenvalue weighted by atomic mass is 16.5. The van der Waals surface area contributed by atoms with Gasteiger partial charge in [-0.25, -0.2) is 4.68 Å². The Balaban J connectivity index is 1.72. The highest BCUT2D eigenvalue weighted by Gasteiger charge is 2.16. The van der Waals surface area contributed by atoms with Gasteiger partial charge in [0.1, 0.15) is 11.3 Å². The van der Waals surface area contributed by atoms with Gasteiger partial charge in [0.05, 0.1) is 38.6 Å². The summed E-state index contributed by atoms with van der Waals surface area (Å²) in [5.41, 5.74) is 1.60. The van der Waals surface area contributed by atoms with Gasteiger partial charge < -0.3 is 14.0 Å². The van der Waals surface area contributed by atoms with Crippen LogP contribution in [0.4, 0.5) is 0 Å². The molecule has 2 aromatic heterocycles. The highest BCUT2D eigenvalue weighted by molar-refractivity contribution is 6.07. The van der Waals surface area contributed by atoms with E-state index in [0.717, 1.165) is 54.9 Å². The molecule has 1 aromatic carbocycles. The van der Waals surface area contributed by atoms with Crippen LogP contribution in [-0.2, 0) is 18.3 Å². The molecular weight excluding hydrogens is 320 g/mol. The molecule has 0 atom stereocenters. The van der Waals surface area contributed by atoms with Crippen LogP contribution in [0.3, 0.4) is 0 Å². The number of hydrogen-bond donors (Lipinski definition) is 0. The summed E-state index contributed by atoms with van der Waals surface area (Å²) in [5, 5.41) is 6.30. The molecule has 132 valence electrons. The van der Waals surface area contributed by atoms with Gasteiger partial charge in [0.2, 0.25) is 0 Å². The van der Waals surface area contributed by atoms with Gasteiger partial charge in [0.15, 0.2) is 0 Å². The lowest BCUT2D eigenvalue weighted by atomic mass is 10.2. The third-order valence-corrected chi connectivity index (χ3v) is 4.94. The topological polar surface area (TPSA) is 61.5 Å². The van der Waals surface area contributed by atoms with E-state index in [1.807, 2.05) is 29.8 Å². The Morgan fingerprint density at radius 3 is 2.76 bits per heavy atom. The fraction of sp³-hybridized carbons (Fsp3) is 0.444. The number of methoxy groups -OCH3 is 1. The predicted octanol–water partition coefficient (Wildman–Crippen LogP) is 1.23. The first-order chi connectivity index (χ1) is 12.2. The predicted molar refractivity (Wildman–Crippen MR) is 96.3 cm³/mol. The molecule has 1 aliphatic heterocycles. The van der Waals surface area contributed by atoms with Crippen molar-refractivity contribution in [3.05, 3.63) is 34.7 Å². The van der Waals surface area contributed by atoms with Crippen molar-refractivity contribution in [3.63, 3.8) is 0 Å². The van der Waals surface area contributed by atoms with E-state index in [1.165, 1.54) is 0 Å². The van der Waals surface area contributed by atoms with Crippen molar-refractivity contribution in [2.24, 2.45) is 7.05 Å². The standard InChI is InChI=1S/C18H22N4O3/c1-20-16-11-13(24-2)3-4-14(16)15-12-19-22(18(23)17(15)20)6-5-21-7-9-25-10-8-21/h3-4,11-12H,5-10H2,1-2H3. The first-order valence-corrected chi connectivity index (χ1v) is 8.51. The Morgan fingerprint density at radius 1 is 1.20 bits per heavy atom. The van der Waals surface area contributed by atoms with Crippen molar-refractivity contribution in [2.75, 3.05) is 40.0 Å². The molecule has 4 rings (SSSR count). The van der Waals surface area contributed by atoms with Crippen molar-refractivity contribution < 1.29 is 9.47 Å². The lowest BCUT2D eigenvalue weighted by molar-refractivity contribution is 0.0358. The zero-order valence-corrected chi connectivity index (χ0v) is 14.6. The number of rotatable bonds is 4. The molecule has 0 aliphatic carbocycles. The molecular formula is C18H22N4O3. The molecule has 1 aliphatic rings. The Hall–Kier alpha value is -2.38. The number of morpholine rings is 1. The molecule has 0 unspecified atom stereocenters. The molecule has 0 amide bonds. The van der Waals surface area contributed by atoms with Crippen molar-refractivity contribution in [3.8, 4) is 5.75 Å². The van der Waals surface area contributed by atoms with E-state index in [0.29, 0.717) is 12.1 Å². The minimum atomic E-state index is -0.0524.